The molecule has 0 amide bonds. The van der Waals surface area contributed by atoms with E-state index in [4.69, 9.17) is 0 Å². The van der Waals surface area contributed by atoms with Gasteiger partial charge in [0.15, 0.2) is 0 Å². The molecule has 0 aliphatic carbocycles. The fraction of sp³-hybridized carbons (Fsp3) is 0.400. The Bertz CT molecular complexity index is 656. The highest BCUT2D eigenvalue weighted by molar-refractivity contribution is 5.96. The van der Waals surface area contributed by atoms with Crippen molar-refractivity contribution in [2.75, 3.05) is 11.9 Å². The molecule has 112 valence electrons. The first-order valence-electron chi connectivity index (χ1n) is 6.93. The number of nitrogens with zero attached hydrogens (tertiary/aromatic N) is 2. The number of aliphatic hydroxyl groups is 1. The van der Waals surface area contributed by atoms with Crippen LogP contribution in [0.2, 0.25) is 0 Å². The summed E-state index contributed by atoms with van der Waals surface area (Å²) >= 11 is 0. The molecule has 0 aliphatic heterocycles. The van der Waals surface area contributed by atoms with Gasteiger partial charge in [-0.2, -0.15) is 0 Å². The fourth-order valence-electron chi connectivity index (χ4n) is 2.37. The smallest absolute Gasteiger partial charge is 0.295 e. The van der Waals surface area contributed by atoms with E-state index in [-0.39, 0.29) is 5.69 Å². The maximum atomic E-state index is 11.0. The minimum Gasteiger partial charge on any atom is -0.388 e. The van der Waals surface area contributed by atoms with Crippen LogP contribution < -0.4 is 5.32 Å². The van der Waals surface area contributed by atoms with Crippen LogP contribution in [0, 0.1) is 10.1 Å². The monoisotopic (exact) mass is 289 g/mol. The van der Waals surface area contributed by atoms with Gasteiger partial charge in [0.05, 0.1) is 10.5 Å². The third-order valence-electron chi connectivity index (χ3n) is 3.39. The van der Waals surface area contributed by atoms with Crippen molar-refractivity contribution in [3.8, 4) is 0 Å². The van der Waals surface area contributed by atoms with Crippen molar-refractivity contribution in [2.45, 2.75) is 32.3 Å². The Morgan fingerprint density at radius 3 is 2.86 bits per heavy atom. The number of rotatable bonds is 6. The molecule has 0 aliphatic rings. The Hall–Kier alpha value is -2.21. The van der Waals surface area contributed by atoms with Gasteiger partial charge in [-0.15, -0.1) is 0 Å². The molecule has 0 saturated heterocycles. The van der Waals surface area contributed by atoms with Gasteiger partial charge in [-0.1, -0.05) is 13.3 Å². The van der Waals surface area contributed by atoms with E-state index in [1.807, 2.05) is 6.92 Å². The molecule has 0 saturated carbocycles. The van der Waals surface area contributed by atoms with Gasteiger partial charge in [0.25, 0.3) is 5.69 Å². The maximum absolute atomic E-state index is 11.0. The van der Waals surface area contributed by atoms with Gasteiger partial charge in [-0.3, -0.25) is 10.1 Å². The number of nitro benzene ring substituents is 1. The summed E-state index contributed by atoms with van der Waals surface area (Å²) in [5.74, 6) is 0. The van der Waals surface area contributed by atoms with Gasteiger partial charge >= 0.3 is 0 Å². The second-order valence-corrected chi connectivity index (χ2v) is 5.39. The van der Waals surface area contributed by atoms with E-state index in [1.54, 1.807) is 25.1 Å². The molecule has 2 rings (SSSR count). The zero-order valence-corrected chi connectivity index (χ0v) is 12.2. The van der Waals surface area contributed by atoms with Crippen LogP contribution in [0.1, 0.15) is 26.7 Å². The van der Waals surface area contributed by atoms with E-state index in [0.29, 0.717) is 23.9 Å². The molecule has 6 nitrogen and oxygen atoms in total. The van der Waals surface area contributed by atoms with E-state index >= 15 is 0 Å². The lowest BCUT2D eigenvalue weighted by Gasteiger charge is -2.24. The highest BCUT2D eigenvalue weighted by atomic mass is 16.6. The molecule has 0 spiro atoms. The van der Waals surface area contributed by atoms with Gasteiger partial charge in [-0.05, 0) is 31.5 Å². The number of hydrogen-bond acceptors (Lipinski definition) is 5. The average molecular weight is 289 g/mol. The predicted molar refractivity (Wildman–Crippen MR) is 82.4 cm³/mol. The number of non-ortho nitro benzene ring substituents is 1. The maximum Gasteiger partial charge on any atom is 0.295 e. The number of fused-ring (bicyclic) bond motifs is 1. The van der Waals surface area contributed by atoms with E-state index in [2.05, 4.69) is 10.3 Å². The van der Waals surface area contributed by atoms with Crippen molar-refractivity contribution < 1.29 is 10.0 Å². The minimum atomic E-state index is -0.814. The number of benzene rings is 1. The van der Waals surface area contributed by atoms with Crippen LogP contribution >= 0.6 is 0 Å². The third kappa shape index (κ3) is 3.46. The van der Waals surface area contributed by atoms with Crippen molar-refractivity contribution in [1.82, 2.24) is 4.98 Å². The largest absolute Gasteiger partial charge is 0.388 e. The van der Waals surface area contributed by atoms with Crippen molar-refractivity contribution >= 4 is 22.3 Å². The second kappa shape index (κ2) is 6.05. The predicted octanol–water partition coefficient (Wildman–Crippen LogP) is 3.11. The summed E-state index contributed by atoms with van der Waals surface area (Å²) in [5, 5.41) is 25.1. The van der Waals surface area contributed by atoms with Crippen LogP contribution in [0.3, 0.4) is 0 Å². The van der Waals surface area contributed by atoms with E-state index < -0.39 is 10.5 Å². The number of hydrogen-bond donors (Lipinski definition) is 2. The SMILES string of the molecule is CCCC(C)(O)CNc1ccc([N+](=O)[O-])c2ncccc12. The van der Waals surface area contributed by atoms with Gasteiger partial charge in [0.1, 0.15) is 5.52 Å². The second-order valence-electron chi connectivity index (χ2n) is 5.39. The molecule has 1 aromatic carbocycles. The lowest BCUT2D eigenvalue weighted by molar-refractivity contribution is -0.383. The summed E-state index contributed by atoms with van der Waals surface area (Å²) < 4.78 is 0. The summed E-state index contributed by atoms with van der Waals surface area (Å²) in [7, 11) is 0. The first-order chi connectivity index (χ1) is 9.94. The Morgan fingerprint density at radius 1 is 1.43 bits per heavy atom. The molecule has 0 fully saturated rings. The number of nitrogens with one attached hydrogen (secondary N) is 1. The van der Waals surface area contributed by atoms with Gasteiger partial charge < -0.3 is 10.4 Å². The topological polar surface area (TPSA) is 88.3 Å². The Balaban J connectivity index is 2.34. The first kappa shape index (κ1) is 15.2. The molecule has 1 atom stereocenters. The lowest BCUT2D eigenvalue weighted by Crippen LogP contribution is -2.33. The van der Waals surface area contributed by atoms with Gasteiger partial charge in [0.2, 0.25) is 0 Å². The fourth-order valence-corrected chi connectivity index (χ4v) is 2.37. The molecule has 0 radical (unpaired) electrons. The van der Waals surface area contributed by atoms with E-state index in [1.165, 1.54) is 12.3 Å². The zero-order valence-electron chi connectivity index (χ0n) is 12.2. The Morgan fingerprint density at radius 2 is 2.19 bits per heavy atom. The average Bonchev–Trinajstić information content (AvgIpc) is 2.44. The summed E-state index contributed by atoms with van der Waals surface area (Å²) in [5.41, 5.74) is 0.254. The van der Waals surface area contributed by atoms with Crippen LogP contribution in [0.25, 0.3) is 10.9 Å². The Kier molecular flexibility index (Phi) is 4.37. The quantitative estimate of drug-likeness (QED) is 0.630. The molecule has 0 bridgehead atoms. The minimum absolute atomic E-state index is 0.0172. The molecule has 2 aromatic rings. The molecule has 6 heteroatoms. The van der Waals surface area contributed by atoms with Crippen LogP contribution in [0.15, 0.2) is 30.5 Å². The summed E-state index contributed by atoms with van der Waals surface area (Å²) in [4.78, 5) is 14.7. The number of aromatic nitrogens is 1. The Labute approximate surface area is 123 Å². The van der Waals surface area contributed by atoms with Crippen molar-refractivity contribution in [1.29, 1.82) is 0 Å². The highest BCUT2D eigenvalue weighted by Gasteiger charge is 2.20. The molecular formula is C15H19N3O3. The number of anilines is 1. The zero-order chi connectivity index (χ0) is 15.5. The van der Waals surface area contributed by atoms with Crippen LogP contribution in [-0.4, -0.2) is 27.2 Å². The summed E-state index contributed by atoms with van der Waals surface area (Å²) in [6, 6.07) is 6.62. The molecule has 1 unspecified atom stereocenters. The molecule has 1 aromatic heterocycles. The first-order valence-corrected chi connectivity index (χ1v) is 6.93. The van der Waals surface area contributed by atoms with Crippen molar-refractivity contribution in [2.24, 2.45) is 0 Å². The van der Waals surface area contributed by atoms with Crippen LogP contribution in [0.5, 0.6) is 0 Å². The summed E-state index contributed by atoms with van der Waals surface area (Å²) in [6.07, 6.45) is 3.10. The van der Waals surface area contributed by atoms with E-state index in [0.717, 1.165) is 12.1 Å². The third-order valence-corrected chi connectivity index (χ3v) is 3.39. The number of pyridine rings is 1. The lowest BCUT2D eigenvalue weighted by atomic mass is 10.0. The van der Waals surface area contributed by atoms with E-state index in [9.17, 15) is 15.2 Å². The molecular weight excluding hydrogens is 270 g/mol. The van der Waals surface area contributed by atoms with Gasteiger partial charge in [-0.25, -0.2) is 4.98 Å². The normalized spacial score (nSPS) is 13.9. The molecule has 2 N–H and O–H groups in total. The summed E-state index contributed by atoms with van der Waals surface area (Å²) in [6.45, 7) is 4.16. The molecule has 1 heterocycles. The van der Waals surface area contributed by atoms with Crippen LogP contribution in [-0.2, 0) is 0 Å². The number of nitro groups is 1. The molecule has 21 heavy (non-hydrogen) atoms. The van der Waals surface area contributed by atoms with Crippen LogP contribution in [0.4, 0.5) is 11.4 Å². The van der Waals surface area contributed by atoms with Crippen molar-refractivity contribution in [3.05, 3.63) is 40.6 Å². The van der Waals surface area contributed by atoms with Crippen molar-refractivity contribution in [3.63, 3.8) is 0 Å². The standard InChI is InChI=1S/C15H19N3O3/c1-3-8-15(2,19)10-17-12-6-7-13(18(20)21)14-11(12)5-4-9-16-14/h4-7,9,17,19H,3,8,10H2,1-2H3. The highest BCUT2D eigenvalue weighted by Crippen LogP contribution is 2.30. The van der Waals surface area contributed by atoms with Gasteiger partial charge in [0, 0.05) is 29.9 Å².